The first kappa shape index (κ1) is 20.6. The van der Waals surface area contributed by atoms with Crippen molar-refractivity contribution >= 4 is 48.8 Å². The molecule has 6 aromatic carbocycles. The largest absolute Gasteiger partial charge is 0.467 e. The summed E-state index contributed by atoms with van der Waals surface area (Å²) >= 11 is 0. The van der Waals surface area contributed by atoms with E-state index in [0.29, 0.717) is 5.92 Å². The lowest BCUT2D eigenvalue weighted by Gasteiger charge is -2.20. The average Bonchev–Trinajstić information content (AvgIpc) is 3.41. The van der Waals surface area contributed by atoms with Gasteiger partial charge >= 0.3 is 0 Å². The summed E-state index contributed by atoms with van der Waals surface area (Å²) < 4.78 is 6.59. The molecule has 0 fully saturated rings. The molecule has 176 valence electrons. The Morgan fingerprint density at radius 1 is 0.649 bits per heavy atom. The molecule has 6 aromatic rings. The molecule has 2 unspecified atom stereocenters. The highest BCUT2D eigenvalue weighted by Gasteiger charge is 2.30. The minimum Gasteiger partial charge on any atom is -0.467 e. The zero-order valence-electron chi connectivity index (χ0n) is 20.3. The van der Waals surface area contributed by atoms with Crippen LogP contribution in [0.5, 0.6) is 5.75 Å². The molecule has 0 saturated heterocycles. The predicted octanol–water partition coefficient (Wildman–Crippen LogP) is 9.23. The van der Waals surface area contributed by atoms with Gasteiger partial charge in [-0.2, -0.15) is 0 Å². The van der Waals surface area contributed by atoms with Crippen LogP contribution < -0.4 is 10.1 Å². The summed E-state index contributed by atoms with van der Waals surface area (Å²) in [6.07, 6.45) is 9.63. The third kappa shape index (κ3) is 3.19. The van der Waals surface area contributed by atoms with Crippen molar-refractivity contribution in [3.05, 3.63) is 121 Å². The molecule has 2 aliphatic rings. The maximum atomic E-state index is 6.59. The lowest BCUT2D eigenvalue weighted by atomic mass is 9.91. The predicted molar refractivity (Wildman–Crippen MR) is 156 cm³/mol. The van der Waals surface area contributed by atoms with E-state index in [0.717, 1.165) is 17.9 Å². The van der Waals surface area contributed by atoms with Gasteiger partial charge in [-0.3, -0.25) is 0 Å². The number of fused-ring (bicyclic) bond motifs is 8. The Bertz CT molecular complexity index is 1930. The second kappa shape index (κ2) is 7.97. The van der Waals surface area contributed by atoms with Crippen LogP contribution in [-0.4, -0.2) is 6.23 Å². The molecule has 0 spiro atoms. The standard InChI is InChI=1S/C35H25NO/c1-2-8-23(9-3-1)35-36-32-19-17-22-14-15-25-20-26(16-18-28(25)33(22)34(32)37-35)31-21-24-10-4-5-11-27(24)29-12-6-7-13-30(29)31/h1-8,10-21,23,35-36H,9H2. The normalized spacial score (nSPS) is 18.4. The molecule has 1 heterocycles. The molecule has 2 nitrogen and oxygen atoms in total. The van der Waals surface area contributed by atoms with Gasteiger partial charge in [0.25, 0.3) is 0 Å². The molecule has 37 heavy (non-hydrogen) atoms. The molecule has 1 N–H and O–H groups in total. The summed E-state index contributed by atoms with van der Waals surface area (Å²) in [5.74, 6) is 1.30. The highest BCUT2D eigenvalue weighted by atomic mass is 16.5. The van der Waals surface area contributed by atoms with Gasteiger partial charge in [0.15, 0.2) is 12.0 Å². The highest BCUT2D eigenvalue weighted by Crippen LogP contribution is 2.45. The molecule has 0 radical (unpaired) electrons. The fraction of sp³-hybridized carbons (Fsp3) is 0.0857. The van der Waals surface area contributed by atoms with E-state index in [2.05, 4.69) is 127 Å². The van der Waals surface area contributed by atoms with Gasteiger partial charge in [0.05, 0.1) is 5.69 Å². The van der Waals surface area contributed by atoms with Crippen molar-refractivity contribution in [3.63, 3.8) is 0 Å². The van der Waals surface area contributed by atoms with Crippen molar-refractivity contribution in [1.29, 1.82) is 0 Å². The van der Waals surface area contributed by atoms with Crippen molar-refractivity contribution in [2.24, 2.45) is 5.92 Å². The van der Waals surface area contributed by atoms with Crippen LogP contribution >= 0.6 is 0 Å². The molecule has 8 rings (SSSR count). The van der Waals surface area contributed by atoms with Crippen LogP contribution in [-0.2, 0) is 0 Å². The van der Waals surface area contributed by atoms with Gasteiger partial charge in [0, 0.05) is 11.3 Å². The Hall–Kier alpha value is -4.56. The number of rotatable bonds is 2. The smallest absolute Gasteiger partial charge is 0.176 e. The molecule has 1 aliphatic carbocycles. The van der Waals surface area contributed by atoms with Crippen LogP contribution in [0, 0.1) is 5.92 Å². The first-order chi connectivity index (χ1) is 18.3. The molecule has 2 heteroatoms. The van der Waals surface area contributed by atoms with Gasteiger partial charge in [-0.05, 0) is 73.5 Å². The first-order valence-corrected chi connectivity index (χ1v) is 13.0. The van der Waals surface area contributed by atoms with Crippen molar-refractivity contribution < 1.29 is 4.74 Å². The quantitative estimate of drug-likeness (QED) is 0.252. The van der Waals surface area contributed by atoms with Gasteiger partial charge in [-0.25, -0.2) is 0 Å². The SMILES string of the molecule is C1=CCC(C2Nc3ccc4ccc5cc(-c6cc7ccccc7c7ccccc67)ccc5c4c3O2)C=C1. The van der Waals surface area contributed by atoms with E-state index in [1.54, 1.807) is 0 Å². The lowest BCUT2D eigenvalue weighted by Crippen LogP contribution is -2.29. The topological polar surface area (TPSA) is 21.3 Å². The van der Waals surface area contributed by atoms with E-state index < -0.39 is 0 Å². The van der Waals surface area contributed by atoms with Crippen LogP contribution in [0.1, 0.15) is 6.42 Å². The Kier molecular flexibility index (Phi) is 4.44. The molecule has 1 aliphatic heterocycles. The maximum absolute atomic E-state index is 6.59. The minimum absolute atomic E-state index is 0.0414. The number of hydrogen-bond acceptors (Lipinski definition) is 2. The summed E-state index contributed by atoms with van der Waals surface area (Å²) in [4.78, 5) is 0. The third-order valence-corrected chi connectivity index (χ3v) is 7.98. The van der Waals surface area contributed by atoms with E-state index in [-0.39, 0.29) is 6.23 Å². The Balaban J connectivity index is 1.30. The fourth-order valence-corrected chi connectivity index (χ4v) is 6.15. The number of hydrogen-bond donors (Lipinski definition) is 1. The zero-order chi connectivity index (χ0) is 24.3. The molecule has 0 bridgehead atoms. The minimum atomic E-state index is -0.0414. The second-order valence-corrected chi connectivity index (χ2v) is 10.1. The third-order valence-electron chi connectivity index (χ3n) is 7.98. The number of allylic oxidation sites excluding steroid dienone is 3. The molecule has 0 aromatic heterocycles. The van der Waals surface area contributed by atoms with Crippen molar-refractivity contribution in [1.82, 2.24) is 0 Å². The summed E-state index contributed by atoms with van der Waals surface area (Å²) in [5.41, 5.74) is 3.58. The van der Waals surface area contributed by atoms with Crippen LogP contribution in [0.3, 0.4) is 0 Å². The van der Waals surface area contributed by atoms with E-state index >= 15 is 0 Å². The Labute approximate surface area is 215 Å². The Morgan fingerprint density at radius 2 is 1.43 bits per heavy atom. The second-order valence-electron chi connectivity index (χ2n) is 10.1. The zero-order valence-corrected chi connectivity index (χ0v) is 20.3. The van der Waals surface area contributed by atoms with Crippen molar-refractivity contribution in [3.8, 4) is 16.9 Å². The monoisotopic (exact) mass is 475 g/mol. The number of ether oxygens (including phenoxy) is 1. The van der Waals surface area contributed by atoms with Gasteiger partial charge in [-0.15, -0.1) is 0 Å². The van der Waals surface area contributed by atoms with Gasteiger partial charge in [0.1, 0.15) is 0 Å². The van der Waals surface area contributed by atoms with Crippen molar-refractivity contribution in [2.45, 2.75) is 12.6 Å². The van der Waals surface area contributed by atoms with Gasteiger partial charge < -0.3 is 10.1 Å². The molecular weight excluding hydrogens is 450 g/mol. The number of anilines is 1. The van der Waals surface area contributed by atoms with Crippen LogP contribution in [0.4, 0.5) is 5.69 Å². The Morgan fingerprint density at radius 3 is 2.32 bits per heavy atom. The maximum Gasteiger partial charge on any atom is 0.176 e. The molecule has 0 saturated carbocycles. The van der Waals surface area contributed by atoms with E-state index in [4.69, 9.17) is 4.74 Å². The van der Waals surface area contributed by atoms with E-state index in [1.165, 1.54) is 54.2 Å². The van der Waals surface area contributed by atoms with Gasteiger partial charge in [0.2, 0.25) is 0 Å². The van der Waals surface area contributed by atoms with E-state index in [9.17, 15) is 0 Å². The molecular formula is C35H25NO. The summed E-state index contributed by atoms with van der Waals surface area (Å²) in [6.45, 7) is 0. The van der Waals surface area contributed by atoms with Crippen molar-refractivity contribution in [2.75, 3.05) is 5.32 Å². The van der Waals surface area contributed by atoms with E-state index in [1.807, 2.05) is 0 Å². The van der Waals surface area contributed by atoms with Crippen LogP contribution in [0.15, 0.2) is 121 Å². The van der Waals surface area contributed by atoms with Crippen LogP contribution in [0.25, 0.3) is 54.2 Å². The highest BCUT2D eigenvalue weighted by molar-refractivity contribution is 6.16. The number of nitrogens with one attached hydrogen (secondary N) is 1. The molecule has 2 atom stereocenters. The summed E-state index contributed by atoms with van der Waals surface area (Å²) in [7, 11) is 0. The van der Waals surface area contributed by atoms with Crippen LogP contribution in [0.2, 0.25) is 0 Å². The number of benzene rings is 6. The lowest BCUT2D eigenvalue weighted by molar-refractivity contribution is 0.206. The van der Waals surface area contributed by atoms with Gasteiger partial charge in [-0.1, -0.05) is 103 Å². The molecule has 0 amide bonds. The average molecular weight is 476 g/mol. The first-order valence-electron chi connectivity index (χ1n) is 13.0. The summed E-state index contributed by atoms with van der Waals surface area (Å²) in [5, 5.41) is 13.6. The summed E-state index contributed by atoms with van der Waals surface area (Å²) in [6, 6.07) is 35.4. The fourth-order valence-electron chi connectivity index (χ4n) is 6.15.